The Balaban J connectivity index is 1.30. The number of amides is 3. The van der Waals surface area contributed by atoms with E-state index in [0.717, 1.165) is 12.8 Å². The van der Waals surface area contributed by atoms with E-state index in [9.17, 15) is 14.0 Å². The lowest BCUT2D eigenvalue weighted by Gasteiger charge is -2.37. The van der Waals surface area contributed by atoms with Gasteiger partial charge >= 0.3 is 6.03 Å². The van der Waals surface area contributed by atoms with Crippen LogP contribution in [-0.2, 0) is 4.79 Å². The number of rotatable bonds is 3. The number of hydrogen-bond donors (Lipinski definition) is 1. The number of halogens is 1. The van der Waals surface area contributed by atoms with Crippen molar-refractivity contribution in [2.24, 2.45) is 0 Å². The van der Waals surface area contributed by atoms with Crippen molar-refractivity contribution in [2.75, 3.05) is 31.5 Å². The molecular weight excluding hydrogens is 377 g/mol. The third-order valence-corrected chi connectivity index (χ3v) is 5.79. The van der Waals surface area contributed by atoms with Crippen LogP contribution in [0, 0.1) is 12.7 Å². The van der Waals surface area contributed by atoms with Crippen molar-refractivity contribution in [3.05, 3.63) is 41.3 Å². The molecule has 2 aliphatic rings. The normalized spacial score (nSPS) is 17.9. The molecule has 2 fully saturated rings. The Bertz CT molecular complexity index is 917. The first-order valence-corrected chi connectivity index (χ1v) is 9.82. The maximum atomic E-state index is 13.6. The molecule has 154 valence electrons. The van der Waals surface area contributed by atoms with Crippen LogP contribution in [0.4, 0.5) is 14.9 Å². The van der Waals surface area contributed by atoms with Crippen molar-refractivity contribution in [3.63, 3.8) is 0 Å². The Labute approximate surface area is 168 Å². The van der Waals surface area contributed by atoms with E-state index >= 15 is 0 Å². The van der Waals surface area contributed by atoms with Crippen LogP contribution in [0.25, 0.3) is 0 Å². The molecule has 0 saturated carbocycles. The number of benzene rings is 1. The lowest BCUT2D eigenvalue weighted by molar-refractivity contribution is -0.129. The second-order valence-corrected chi connectivity index (χ2v) is 7.72. The van der Waals surface area contributed by atoms with E-state index in [0.29, 0.717) is 49.1 Å². The third-order valence-electron chi connectivity index (χ3n) is 5.79. The van der Waals surface area contributed by atoms with Gasteiger partial charge in [-0.1, -0.05) is 11.2 Å². The molecule has 29 heavy (non-hydrogen) atoms. The van der Waals surface area contributed by atoms with Gasteiger partial charge in [0.1, 0.15) is 5.82 Å². The summed E-state index contributed by atoms with van der Waals surface area (Å²) in [5, 5.41) is 6.86. The van der Waals surface area contributed by atoms with Gasteiger partial charge in [-0.25, -0.2) is 9.18 Å². The standard InChI is InChI=1S/C20H24FN5O3/c1-12-16(21)4-3-5-17(12)22-20(28)26-10-15(11-26)19-23-18(24-29-19)14-6-8-25(9-7-14)13(2)27/h3-5,14-15H,6-11H2,1-2H3,(H,22,28). The molecule has 2 aliphatic heterocycles. The van der Waals surface area contributed by atoms with Crippen LogP contribution >= 0.6 is 0 Å². The number of nitrogens with one attached hydrogen (secondary N) is 1. The minimum atomic E-state index is -0.350. The van der Waals surface area contributed by atoms with E-state index in [2.05, 4.69) is 15.5 Å². The Kier molecular flexibility index (Phi) is 5.21. The van der Waals surface area contributed by atoms with Gasteiger partial charge in [-0.15, -0.1) is 0 Å². The molecule has 2 saturated heterocycles. The SMILES string of the molecule is CC(=O)N1CCC(c2noc(C3CN(C(=O)Nc4cccc(F)c4C)C3)n2)CC1. The zero-order chi connectivity index (χ0) is 20.5. The van der Waals surface area contributed by atoms with Crippen molar-refractivity contribution in [1.29, 1.82) is 0 Å². The second kappa shape index (κ2) is 7.81. The summed E-state index contributed by atoms with van der Waals surface area (Å²) in [6, 6.07) is 4.33. The number of hydrogen-bond acceptors (Lipinski definition) is 5. The highest BCUT2D eigenvalue weighted by atomic mass is 19.1. The Hall–Kier alpha value is -2.97. The summed E-state index contributed by atoms with van der Waals surface area (Å²) >= 11 is 0. The average Bonchev–Trinajstić information content (AvgIpc) is 3.14. The highest BCUT2D eigenvalue weighted by Gasteiger charge is 2.36. The van der Waals surface area contributed by atoms with Gasteiger partial charge in [0.25, 0.3) is 0 Å². The number of carbonyl (C=O) groups is 2. The van der Waals surface area contributed by atoms with Crippen LogP contribution in [-0.4, -0.2) is 58.1 Å². The summed E-state index contributed by atoms with van der Waals surface area (Å²) in [5.74, 6) is 1.17. The van der Waals surface area contributed by atoms with E-state index in [1.54, 1.807) is 30.9 Å². The molecule has 4 rings (SSSR count). The minimum absolute atomic E-state index is 0.00733. The molecule has 2 aromatic rings. The van der Waals surface area contributed by atoms with Crippen LogP contribution < -0.4 is 5.32 Å². The van der Waals surface area contributed by atoms with Crippen LogP contribution in [0.5, 0.6) is 0 Å². The number of urea groups is 1. The molecule has 0 bridgehead atoms. The first-order valence-electron chi connectivity index (χ1n) is 9.82. The molecule has 0 atom stereocenters. The van der Waals surface area contributed by atoms with E-state index in [1.807, 2.05) is 4.90 Å². The maximum Gasteiger partial charge on any atom is 0.321 e. The molecule has 1 N–H and O–H groups in total. The number of aromatic nitrogens is 2. The summed E-state index contributed by atoms with van der Waals surface area (Å²) in [5.41, 5.74) is 0.880. The lowest BCUT2D eigenvalue weighted by atomic mass is 9.96. The van der Waals surface area contributed by atoms with Crippen LogP contribution in [0.1, 0.15) is 48.9 Å². The minimum Gasteiger partial charge on any atom is -0.343 e. The van der Waals surface area contributed by atoms with Gasteiger partial charge < -0.3 is 19.6 Å². The van der Waals surface area contributed by atoms with Gasteiger partial charge in [-0.3, -0.25) is 4.79 Å². The van der Waals surface area contributed by atoms with Crippen molar-refractivity contribution in [2.45, 2.75) is 38.5 Å². The molecule has 1 aromatic carbocycles. The molecule has 0 radical (unpaired) electrons. The zero-order valence-electron chi connectivity index (χ0n) is 16.5. The zero-order valence-corrected chi connectivity index (χ0v) is 16.5. The van der Waals surface area contributed by atoms with E-state index in [-0.39, 0.29) is 29.6 Å². The fourth-order valence-corrected chi connectivity index (χ4v) is 3.77. The average molecular weight is 401 g/mol. The van der Waals surface area contributed by atoms with Crippen molar-refractivity contribution in [1.82, 2.24) is 19.9 Å². The second-order valence-electron chi connectivity index (χ2n) is 7.72. The molecule has 8 nitrogen and oxygen atoms in total. The first-order chi connectivity index (χ1) is 13.9. The largest absolute Gasteiger partial charge is 0.343 e. The van der Waals surface area contributed by atoms with Crippen molar-refractivity contribution in [3.8, 4) is 0 Å². The maximum absolute atomic E-state index is 13.6. The van der Waals surface area contributed by atoms with Gasteiger partial charge in [-0.05, 0) is 31.9 Å². The number of piperidine rings is 1. The predicted molar refractivity (Wildman–Crippen MR) is 103 cm³/mol. The van der Waals surface area contributed by atoms with Crippen LogP contribution in [0.15, 0.2) is 22.7 Å². The van der Waals surface area contributed by atoms with Crippen LogP contribution in [0.3, 0.4) is 0 Å². The van der Waals surface area contributed by atoms with E-state index in [1.165, 1.54) is 6.07 Å². The summed E-state index contributed by atoms with van der Waals surface area (Å²) in [4.78, 5) is 31.8. The predicted octanol–water partition coefficient (Wildman–Crippen LogP) is 2.87. The molecule has 0 aliphatic carbocycles. The summed E-state index contributed by atoms with van der Waals surface area (Å²) in [6.45, 7) is 5.59. The fourth-order valence-electron chi connectivity index (χ4n) is 3.77. The fraction of sp³-hybridized carbons (Fsp3) is 0.500. The van der Waals surface area contributed by atoms with Gasteiger partial charge in [0.05, 0.1) is 5.92 Å². The van der Waals surface area contributed by atoms with Crippen molar-refractivity contribution >= 4 is 17.6 Å². The highest BCUT2D eigenvalue weighted by Crippen LogP contribution is 2.30. The molecule has 3 amide bonds. The van der Waals surface area contributed by atoms with Gasteiger partial charge in [0.15, 0.2) is 5.82 Å². The van der Waals surface area contributed by atoms with Gasteiger partial charge in [0.2, 0.25) is 11.8 Å². The monoisotopic (exact) mass is 401 g/mol. The molecule has 1 aromatic heterocycles. The van der Waals surface area contributed by atoms with Gasteiger partial charge in [-0.2, -0.15) is 4.98 Å². The summed E-state index contributed by atoms with van der Waals surface area (Å²) < 4.78 is 19.0. The molecular formula is C20H24FN5O3. The molecule has 9 heteroatoms. The van der Waals surface area contributed by atoms with E-state index in [4.69, 9.17) is 4.52 Å². The smallest absolute Gasteiger partial charge is 0.321 e. The Morgan fingerprint density at radius 2 is 1.90 bits per heavy atom. The summed E-state index contributed by atoms with van der Waals surface area (Å²) in [6.07, 6.45) is 1.65. The van der Waals surface area contributed by atoms with Crippen molar-refractivity contribution < 1.29 is 18.5 Å². The molecule has 3 heterocycles. The Morgan fingerprint density at radius 1 is 1.17 bits per heavy atom. The Morgan fingerprint density at radius 3 is 2.59 bits per heavy atom. The number of anilines is 1. The molecule has 0 unspecified atom stereocenters. The topological polar surface area (TPSA) is 91.6 Å². The number of nitrogens with zero attached hydrogens (tertiary/aromatic N) is 4. The first kappa shape index (κ1) is 19.4. The highest BCUT2D eigenvalue weighted by molar-refractivity contribution is 5.90. The number of likely N-dealkylation sites (tertiary alicyclic amines) is 2. The van der Waals surface area contributed by atoms with E-state index < -0.39 is 0 Å². The van der Waals surface area contributed by atoms with Crippen LogP contribution in [0.2, 0.25) is 0 Å². The number of carbonyl (C=O) groups excluding carboxylic acids is 2. The van der Waals surface area contributed by atoms with Gasteiger partial charge in [0, 0.05) is 50.3 Å². The summed E-state index contributed by atoms with van der Waals surface area (Å²) in [7, 11) is 0. The molecule has 0 spiro atoms. The quantitative estimate of drug-likeness (QED) is 0.854. The third kappa shape index (κ3) is 3.94. The lowest BCUT2D eigenvalue weighted by Crippen LogP contribution is -2.50.